The highest BCUT2D eigenvalue weighted by Crippen LogP contribution is 2.29. The zero-order valence-corrected chi connectivity index (χ0v) is 18.0. The zero-order valence-electron chi connectivity index (χ0n) is 16.4. The van der Waals surface area contributed by atoms with E-state index in [1.165, 1.54) is 0 Å². The van der Waals surface area contributed by atoms with Crippen LogP contribution in [0.15, 0.2) is 77.3 Å². The van der Waals surface area contributed by atoms with Crippen LogP contribution in [0.2, 0.25) is 0 Å². The number of anilines is 2. The first-order valence-corrected chi connectivity index (χ1v) is 10.5. The number of carbonyl (C=O) groups is 1. The molecule has 4 aromatic rings. The van der Waals surface area contributed by atoms with Crippen molar-refractivity contribution in [3.05, 3.63) is 82.8 Å². The van der Waals surface area contributed by atoms with E-state index >= 15 is 0 Å². The lowest BCUT2D eigenvalue weighted by atomic mass is 10.1. The van der Waals surface area contributed by atoms with Crippen LogP contribution in [0, 0.1) is 0 Å². The Morgan fingerprint density at radius 2 is 1.77 bits per heavy atom. The summed E-state index contributed by atoms with van der Waals surface area (Å²) in [6.45, 7) is 2.39. The van der Waals surface area contributed by atoms with Crippen molar-refractivity contribution in [2.75, 3.05) is 11.9 Å². The predicted octanol–water partition coefficient (Wildman–Crippen LogP) is 6.37. The molecule has 150 valence electrons. The number of ether oxygens (including phenoxy) is 1. The van der Waals surface area contributed by atoms with E-state index in [9.17, 15) is 4.79 Å². The molecule has 6 heteroatoms. The van der Waals surface area contributed by atoms with E-state index in [0.29, 0.717) is 23.8 Å². The molecule has 1 aromatic heterocycles. The minimum atomic E-state index is -0.314. The van der Waals surface area contributed by atoms with Gasteiger partial charge in [0.1, 0.15) is 5.82 Å². The van der Waals surface area contributed by atoms with Crippen molar-refractivity contribution in [3.8, 4) is 11.4 Å². The van der Waals surface area contributed by atoms with E-state index in [4.69, 9.17) is 14.7 Å². The van der Waals surface area contributed by atoms with Crippen LogP contribution >= 0.6 is 15.9 Å². The van der Waals surface area contributed by atoms with Gasteiger partial charge in [0.05, 0.1) is 17.7 Å². The molecule has 0 unspecified atom stereocenters. The molecule has 30 heavy (non-hydrogen) atoms. The summed E-state index contributed by atoms with van der Waals surface area (Å²) in [4.78, 5) is 21.5. The van der Waals surface area contributed by atoms with Crippen LogP contribution in [0.3, 0.4) is 0 Å². The van der Waals surface area contributed by atoms with Gasteiger partial charge in [-0.3, -0.25) is 0 Å². The maximum atomic E-state index is 12.0. The first-order chi connectivity index (χ1) is 14.6. The molecular weight excluding hydrogens is 442 g/mol. The second kappa shape index (κ2) is 9.05. The van der Waals surface area contributed by atoms with Crippen LogP contribution in [0.1, 0.15) is 23.7 Å². The fraction of sp³-hybridized carbons (Fsp3) is 0.125. The third-order valence-corrected chi connectivity index (χ3v) is 5.00. The molecule has 0 saturated carbocycles. The summed E-state index contributed by atoms with van der Waals surface area (Å²) in [5.41, 5.74) is 3.13. The van der Waals surface area contributed by atoms with E-state index in [1.807, 2.05) is 67.6 Å². The summed E-state index contributed by atoms with van der Waals surface area (Å²) in [5, 5.41) is 4.27. The number of hydrogen-bond acceptors (Lipinski definition) is 5. The molecule has 0 fully saturated rings. The average Bonchev–Trinajstić information content (AvgIpc) is 2.78. The Morgan fingerprint density at radius 3 is 2.50 bits per heavy atom. The van der Waals surface area contributed by atoms with E-state index in [0.717, 1.165) is 33.0 Å². The Hall–Kier alpha value is -3.25. The standard InChI is InChI=1S/C24H20BrN3O2/c1-2-14-30-24(29)17-8-11-19(12-9-17)26-23-20-15-18(25)10-13-21(20)27-22(28-23)16-6-4-3-5-7-16/h3-13,15H,2,14H2,1H3,(H,26,27,28). The Labute approximate surface area is 183 Å². The minimum Gasteiger partial charge on any atom is -0.462 e. The van der Waals surface area contributed by atoms with Crippen molar-refractivity contribution in [3.63, 3.8) is 0 Å². The van der Waals surface area contributed by atoms with Crippen molar-refractivity contribution >= 4 is 44.3 Å². The summed E-state index contributed by atoms with van der Waals surface area (Å²) in [7, 11) is 0. The van der Waals surface area contributed by atoms with Gasteiger partial charge in [0.25, 0.3) is 0 Å². The number of benzene rings is 3. The highest BCUT2D eigenvalue weighted by molar-refractivity contribution is 9.10. The molecule has 0 atom stereocenters. The van der Waals surface area contributed by atoms with Gasteiger partial charge in [-0.2, -0.15) is 0 Å². The van der Waals surface area contributed by atoms with Crippen molar-refractivity contribution in [2.24, 2.45) is 0 Å². The quantitative estimate of drug-likeness (QED) is 0.338. The molecule has 1 N–H and O–H groups in total. The average molecular weight is 462 g/mol. The monoisotopic (exact) mass is 461 g/mol. The normalized spacial score (nSPS) is 10.7. The number of rotatable bonds is 6. The van der Waals surface area contributed by atoms with Crippen LogP contribution in [0.25, 0.3) is 22.3 Å². The van der Waals surface area contributed by atoms with Crippen LogP contribution < -0.4 is 5.32 Å². The lowest BCUT2D eigenvalue weighted by Gasteiger charge is -2.12. The van der Waals surface area contributed by atoms with Gasteiger partial charge in [0.2, 0.25) is 0 Å². The van der Waals surface area contributed by atoms with Crippen LogP contribution in [-0.2, 0) is 4.74 Å². The molecule has 0 aliphatic carbocycles. The molecular formula is C24H20BrN3O2. The fourth-order valence-corrected chi connectivity index (χ4v) is 3.38. The van der Waals surface area contributed by atoms with Gasteiger partial charge in [-0.05, 0) is 48.9 Å². The van der Waals surface area contributed by atoms with Crippen molar-refractivity contribution in [1.82, 2.24) is 9.97 Å². The summed E-state index contributed by atoms with van der Waals surface area (Å²) in [5.74, 6) is 1.03. The fourth-order valence-electron chi connectivity index (χ4n) is 3.02. The lowest BCUT2D eigenvalue weighted by molar-refractivity contribution is 0.0505. The maximum absolute atomic E-state index is 12.0. The zero-order chi connectivity index (χ0) is 20.9. The van der Waals surface area contributed by atoms with Crippen LogP contribution in [0.5, 0.6) is 0 Å². The highest BCUT2D eigenvalue weighted by Gasteiger charge is 2.11. The minimum absolute atomic E-state index is 0.314. The van der Waals surface area contributed by atoms with Gasteiger partial charge >= 0.3 is 5.97 Å². The molecule has 0 bridgehead atoms. The lowest BCUT2D eigenvalue weighted by Crippen LogP contribution is -2.06. The Morgan fingerprint density at radius 1 is 1.00 bits per heavy atom. The number of halogens is 1. The third-order valence-electron chi connectivity index (χ3n) is 4.51. The molecule has 0 radical (unpaired) electrons. The van der Waals surface area contributed by atoms with Crippen LogP contribution in [0.4, 0.5) is 11.5 Å². The van der Waals surface area contributed by atoms with Gasteiger partial charge < -0.3 is 10.1 Å². The number of carbonyl (C=O) groups excluding carboxylic acids is 1. The van der Waals surface area contributed by atoms with Gasteiger partial charge in [-0.15, -0.1) is 0 Å². The molecule has 0 spiro atoms. The first-order valence-electron chi connectivity index (χ1n) is 9.71. The second-order valence-corrected chi connectivity index (χ2v) is 7.68. The van der Waals surface area contributed by atoms with Crippen LogP contribution in [-0.4, -0.2) is 22.5 Å². The first kappa shape index (κ1) is 20.0. The van der Waals surface area contributed by atoms with Crippen molar-refractivity contribution in [2.45, 2.75) is 13.3 Å². The number of nitrogens with one attached hydrogen (secondary N) is 1. The molecule has 0 saturated heterocycles. The van der Waals surface area contributed by atoms with Crippen molar-refractivity contribution < 1.29 is 9.53 Å². The molecule has 0 aliphatic heterocycles. The molecule has 1 heterocycles. The largest absolute Gasteiger partial charge is 0.462 e. The molecule has 0 aliphatic rings. The van der Waals surface area contributed by atoms with Gasteiger partial charge in [-0.1, -0.05) is 53.2 Å². The highest BCUT2D eigenvalue weighted by atomic mass is 79.9. The van der Waals surface area contributed by atoms with Gasteiger partial charge in [0, 0.05) is 21.1 Å². The number of nitrogens with zero attached hydrogens (tertiary/aromatic N) is 2. The summed E-state index contributed by atoms with van der Waals surface area (Å²) >= 11 is 3.53. The number of hydrogen-bond donors (Lipinski definition) is 1. The maximum Gasteiger partial charge on any atom is 0.338 e. The Kier molecular flexibility index (Phi) is 6.05. The molecule has 5 nitrogen and oxygen atoms in total. The Balaban J connectivity index is 1.69. The number of fused-ring (bicyclic) bond motifs is 1. The molecule has 3 aromatic carbocycles. The summed E-state index contributed by atoms with van der Waals surface area (Å²) in [6, 6.07) is 23.0. The summed E-state index contributed by atoms with van der Waals surface area (Å²) in [6.07, 6.45) is 0.797. The number of esters is 1. The van der Waals surface area contributed by atoms with Gasteiger partial charge in [0.15, 0.2) is 5.82 Å². The van der Waals surface area contributed by atoms with E-state index in [1.54, 1.807) is 12.1 Å². The number of aromatic nitrogens is 2. The predicted molar refractivity (Wildman–Crippen MR) is 123 cm³/mol. The van der Waals surface area contributed by atoms with Gasteiger partial charge in [-0.25, -0.2) is 14.8 Å². The third kappa shape index (κ3) is 4.49. The smallest absolute Gasteiger partial charge is 0.338 e. The summed E-state index contributed by atoms with van der Waals surface area (Å²) < 4.78 is 6.13. The SMILES string of the molecule is CCCOC(=O)c1ccc(Nc2nc(-c3ccccc3)nc3ccc(Br)cc23)cc1. The topological polar surface area (TPSA) is 64.1 Å². The van der Waals surface area contributed by atoms with E-state index in [-0.39, 0.29) is 5.97 Å². The molecule has 4 rings (SSSR count). The second-order valence-electron chi connectivity index (χ2n) is 6.76. The Bertz CT molecular complexity index is 1180. The van der Waals surface area contributed by atoms with E-state index in [2.05, 4.69) is 21.2 Å². The van der Waals surface area contributed by atoms with Crippen molar-refractivity contribution in [1.29, 1.82) is 0 Å². The van der Waals surface area contributed by atoms with E-state index < -0.39 is 0 Å². The molecule has 0 amide bonds.